The first-order valence-electron chi connectivity index (χ1n) is 5.52. The van der Waals surface area contributed by atoms with E-state index in [1.807, 2.05) is 0 Å². The number of unbranched alkanes of at least 4 members (excludes halogenated alkanes) is 3. The smallest absolute Gasteiger partial charge is 0.343 e. The van der Waals surface area contributed by atoms with E-state index in [0.717, 1.165) is 6.42 Å². The summed E-state index contributed by atoms with van der Waals surface area (Å²) < 4.78 is 0. The zero-order valence-corrected chi connectivity index (χ0v) is 10.8. The molecule has 1 heteroatoms. The van der Waals surface area contributed by atoms with Crippen molar-refractivity contribution in [2.75, 3.05) is 0 Å². The summed E-state index contributed by atoms with van der Waals surface area (Å²) in [6.07, 6.45) is 14.6. The fraction of sp³-hybridized carbons (Fsp3) is 0.833. The van der Waals surface area contributed by atoms with Crippen molar-refractivity contribution < 1.29 is 0 Å². The van der Waals surface area contributed by atoms with Crippen LogP contribution in [0.25, 0.3) is 0 Å². The Morgan fingerprint density at radius 1 is 1.08 bits per heavy atom. The Balaban J connectivity index is 0. The standard InChI is InChI=1S/C6H11.C6H13.Mg/c1-2-4-6-5-3-1;1-3-5-6-4-2;/h1H,2-6H2;1,3-6H2,2H3;/q2*-1;+2. The van der Waals surface area contributed by atoms with Crippen LogP contribution in [0.5, 0.6) is 0 Å². The van der Waals surface area contributed by atoms with Gasteiger partial charge in [0.2, 0.25) is 0 Å². The first-order valence-corrected chi connectivity index (χ1v) is 5.52. The van der Waals surface area contributed by atoms with Gasteiger partial charge in [-0.05, 0) is 0 Å². The molecular weight excluding hydrogens is 168 g/mol. The van der Waals surface area contributed by atoms with Gasteiger partial charge in [0.25, 0.3) is 0 Å². The zero-order chi connectivity index (χ0) is 9.07. The summed E-state index contributed by atoms with van der Waals surface area (Å²) in [5, 5.41) is 0. The van der Waals surface area contributed by atoms with E-state index in [1.165, 1.54) is 51.4 Å². The SMILES string of the molecule is [CH-]1CCCCC1.[CH2-]CCCCC.[Mg+2]. The molecule has 0 radical (unpaired) electrons. The molecule has 0 bridgehead atoms. The van der Waals surface area contributed by atoms with Crippen molar-refractivity contribution in [3.05, 3.63) is 13.3 Å². The Morgan fingerprint density at radius 2 is 1.69 bits per heavy atom. The molecule has 0 heterocycles. The number of hydrogen-bond acceptors (Lipinski definition) is 0. The van der Waals surface area contributed by atoms with E-state index < -0.39 is 0 Å². The van der Waals surface area contributed by atoms with Gasteiger partial charge in [-0.1, -0.05) is 45.4 Å². The monoisotopic (exact) mass is 192 g/mol. The summed E-state index contributed by atoms with van der Waals surface area (Å²) in [6.45, 7) is 5.93. The van der Waals surface area contributed by atoms with Gasteiger partial charge in [0.15, 0.2) is 0 Å². The van der Waals surface area contributed by atoms with Crippen molar-refractivity contribution in [2.24, 2.45) is 0 Å². The third kappa shape index (κ3) is 15.5. The average Bonchev–Trinajstić information content (AvgIpc) is 2.18. The fourth-order valence-electron chi connectivity index (χ4n) is 1.33. The maximum absolute atomic E-state index is 3.72. The van der Waals surface area contributed by atoms with Crippen LogP contribution in [-0.4, -0.2) is 23.1 Å². The van der Waals surface area contributed by atoms with Crippen LogP contribution < -0.4 is 0 Å². The molecule has 1 saturated carbocycles. The van der Waals surface area contributed by atoms with Crippen LogP contribution in [0.1, 0.15) is 64.7 Å². The summed E-state index contributed by atoms with van der Waals surface area (Å²) in [5.74, 6) is 0. The van der Waals surface area contributed by atoms with Gasteiger partial charge in [-0.15, -0.1) is 0 Å². The topological polar surface area (TPSA) is 0 Å². The van der Waals surface area contributed by atoms with Gasteiger partial charge in [0.05, 0.1) is 0 Å². The Bertz CT molecular complexity index is 52.0. The van der Waals surface area contributed by atoms with Gasteiger partial charge in [0.1, 0.15) is 0 Å². The Kier molecular flexibility index (Phi) is 19.0. The second kappa shape index (κ2) is 15.2. The molecule has 0 nitrogen and oxygen atoms in total. The molecule has 13 heavy (non-hydrogen) atoms. The molecule has 0 aromatic carbocycles. The van der Waals surface area contributed by atoms with Crippen LogP contribution in [0.15, 0.2) is 0 Å². The minimum atomic E-state index is 0. The van der Waals surface area contributed by atoms with Gasteiger partial charge in [-0.3, -0.25) is 0 Å². The van der Waals surface area contributed by atoms with E-state index in [0.29, 0.717) is 0 Å². The third-order valence-electron chi connectivity index (χ3n) is 2.17. The van der Waals surface area contributed by atoms with Crippen molar-refractivity contribution >= 4 is 23.1 Å². The van der Waals surface area contributed by atoms with Crippen LogP contribution in [-0.2, 0) is 0 Å². The first kappa shape index (κ1) is 16.2. The first-order chi connectivity index (χ1) is 5.91. The second-order valence-corrected chi connectivity index (χ2v) is 3.49. The quantitative estimate of drug-likeness (QED) is 0.358. The van der Waals surface area contributed by atoms with Crippen LogP contribution in [0.4, 0.5) is 0 Å². The summed E-state index contributed by atoms with van der Waals surface area (Å²) >= 11 is 0. The molecule has 0 amide bonds. The van der Waals surface area contributed by atoms with Gasteiger partial charge in [0, 0.05) is 0 Å². The molecule has 1 rings (SSSR count). The van der Waals surface area contributed by atoms with Crippen LogP contribution in [0.2, 0.25) is 0 Å². The van der Waals surface area contributed by atoms with Crippen molar-refractivity contribution in [1.82, 2.24) is 0 Å². The molecule has 1 fully saturated rings. The molecule has 0 aliphatic heterocycles. The minimum absolute atomic E-state index is 0. The number of hydrogen-bond donors (Lipinski definition) is 0. The Hall–Kier alpha value is 0.766. The van der Waals surface area contributed by atoms with Crippen molar-refractivity contribution in [3.63, 3.8) is 0 Å². The fourth-order valence-corrected chi connectivity index (χ4v) is 1.33. The van der Waals surface area contributed by atoms with E-state index in [9.17, 15) is 0 Å². The normalized spacial score (nSPS) is 15.2. The molecular formula is C12H24Mg. The predicted octanol–water partition coefficient (Wildman–Crippen LogP) is 4.17. The van der Waals surface area contributed by atoms with Crippen molar-refractivity contribution in [2.45, 2.75) is 64.7 Å². The third-order valence-corrected chi connectivity index (χ3v) is 2.17. The summed E-state index contributed by atoms with van der Waals surface area (Å²) in [6, 6.07) is 0. The van der Waals surface area contributed by atoms with Gasteiger partial charge in [-0.25, -0.2) is 0 Å². The molecule has 1 aliphatic carbocycles. The van der Waals surface area contributed by atoms with Crippen LogP contribution >= 0.6 is 0 Å². The molecule has 0 spiro atoms. The van der Waals surface area contributed by atoms with Gasteiger partial charge >= 0.3 is 23.1 Å². The van der Waals surface area contributed by atoms with E-state index in [4.69, 9.17) is 0 Å². The summed E-state index contributed by atoms with van der Waals surface area (Å²) in [4.78, 5) is 0. The molecule has 0 aromatic rings. The zero-order valence-electron chi connectivity index (χ0n) is 9.36. The van der Waals surface area contributed by atoms with E-state index in [-0.39, 0.29) is 23.1 Å². The minimum Gasteiger partial charge on any atom is -0.343 e. The van der Waals surface area contributed by atoms with Crippen molar-refractivity contribution in [3.8, 4) is 0 Å². The molecule has 0 saturated heterocycles. The molecule has 0 aromatic heterocycles. The molecule has 0 unspecified atom stereocenters. The second-order valence-electron chi connectivity index (χ2n) is 3.49. The van der Waals surface area contributed by atoms with Crippen LogP contribution in [0, 0.1) is 13.3 Å². The van der Waals surface area contributed by atoms with Gasteiger partial charge < -0.3 is 13.3 Å². The Morgan fingerprint density at radius 3 is 1.85 bits per heavy atom. The molecule has 0 N–H and O–H groups in total. The van der Waals surface area contributed by atoms with Gasteiger partial charge in [-0.2, -0.15) is 19.3 Å². The molecule has 1 aliphatic rings. The number of rotatable bonds is 3. The molecule has 0 atom stereocenters. The van der Waals surface area contributed by atoms with Crippen molar-refractivity contribution in [1.29, 1.82) is 0 Å². The average molecular weight is 193 g/mol. The van der Waals surface area contributed by atoms with Crippen LogP contribution in [0.3, 0.4) is 0 Å². The van der Waals surface area contributed by atoms with E-state index >= 15 is 0 Å². The largest absolute Gasteiger partial charge is 2.00 e. The Labute approximate surface area is 101 Å². The summed E-state index contributed by atoms with van der Waals surface area (Å²) in [5.41, 5.74) is 0. The molecule has 74 valence electrons. The van der Waals surface area contributed by atoms with E-state index in [2.05, 4.69) is 20.3 Å². The maximum Gasteiger partial charge on any atom is 2.00 e. The summed E-state index contributed by atoms with van der Waals surface area (Å²) in [7, 11) is 0. The van der Waals surface area contributed by atoms with E-state index in [1.54, 1.807) is 0 Å². The maximum atomic E-state index is 3.72. The predicted molar refractivity (Wildman–Crippen MR) is 62.6 cm³/mol.